The minimum absolute atomic E-state index is 0.0725. The highest BCUT2D eigenvalue weighted by atomic mass is 15.2. The van der Waals surface area contributed by atoms with Gasteiger partial charge in [0.25, 0.3) is 0 Å². The Kier molecular flexibility index (Phi) is 2.45. The maximum atomic E-state index is 6.08. The van der Waals surface area contributed by atoms with Crippen LogP contribution in [0, 0.1) is 0 Å². The van der Waals surface area contributed by atoms with E-state index in [-0.39, 0.29) is 6.04 Å². The van der Waals surface area contributed by atoms with Gasteiger partial charge in [-0.15, -0.1) is 0 Å². The van der Waals surface area contributed by atoms with Crippen LogP contribution in [0.1, 0.15) is 30.1 Å². The molecule has 0 amide bonds. The number of hydrogen-bond donors (Lipinski definition) is 2. The maximum Gasteiger partial charge on any atom is 0.0459 e. The molecule has 2 aromatic rings. The van der Waals surface area contributed by atoms with Gasteiger partial charge in [0, 0.05) is 41.6 Å². The van der Waals surface area contributed by atoms with Crippen LogP contribution in [-0.2, 0) is 0 Å². The van der Waals surface area contributed by atoms with Crippen molar-refractivity contribution < 1.29 is 0 Å². The molecule has 0 saturated carbocycles. The van der Waals surface area contributed by atoms with E-state index in [0.717, 1.165) is 13.1 Å². The summed E-state index contributed by atoms with van der Waals surface area (Å²) in [5.41, 5.74) is 9.95. The lowest BCUT2D eigenvalue weighted by Gasteiger charge is -2.37. The van der Waals surface area contributed by atoms with Gasteiger partial charge in [0.05, 0.1) is 0 Å². The van der Waals surface area contributed by atoms with Gasteiger partial charge in [-0.2, -0.15) is 0 Å². The Hall–Kier alpha value is -1.32. The monoisotopic (exact) mass is 229 g/mol. The first-order valence-corrected chi connectivity index (χ1v) is 6.21. The number of para-hydroxylation sites is 1. The highest BCUT2D eigenvalue weighted by Gasteiger charge is 2.30. The molecule has 0 spiro atoms. The zero-order chi connectivity index (χ0) is 12.0. The molecule has 90 valence electrons. The number of rotatable bonds is 2. The van der Waals surface area contributed by atoms with Gasteiger partial charge in [-0.05, 0) is 25.6 Å². The fourth-order valence-corrected chi connectivity index (χ4v) is 2.86. The SMILES string of the molecule is CC(N)c1[nH]c2ccccc2c1C1CN(C)C1. The number of nitrogens with zero attached hydrogens (tertiary/aromatic N) is 1. The topological polar surface area (TPSA) is 45.1 Å². The van der Waals surface area contributed by atoms with E-state index in [4.69, 9.17) is 5.73 Å². The molecule has 1 aromatic carbocycles. The summed E-state index contributed by atoms with van der Waals surface area (Å²) in [5, 5.41) is 1.35. The molecule has 3 nitrogen and oxygen atoms in total. The molecule has 1 aliphatic rings. The normalized spacial score (nSPS) is 19.5. The second-order valence-electron chi connectivity index (χ2n) is 5.20. The summed E-state index contributed by atoms with van der Waals surface area (Å²) < 4.78 is 0. The maximum absolute atomic E-state index is 6.08. The van der Waals surface area contributed by atoms with Crippen LogP contribution in [0.25, 0.3) is 10.9 Å². The first-order chi connectivity index (χ1) is 8.16. The number of H-pyrrole nitrogens is 1. The van der Waals surface area contributed by atoms with Crippen LogP contribution in [0.5, 0.6) is 0 Å². The average Bonchev–Trinajstić information content (AvgIpc) is 2.64. The Labute approximate surface area is 102 Å². The van der Waals surface area contributed by atoms with Crippen molar-refractivity contribution in [3.05, 3.63) is 35.5 Å². The molecule has 2 heterocycles. The number of hydrogen-bond acceptors (Lipinski definition) is 2. The minimum atomic E-state index is 0.0725. The third kappa shape index (κ3) is 1.66. The molecule has 0 bridgehead atoms. The fraction of sp³-hybridized carbons (Fsp3) is 0.429. The van der Waals surface area contributed by atoms with Crippen molar-refractivity contribution in [2.75, 3.05) is 20.1 Å². The highest BCUT2D eigenvalue weighted by molar-refractivity contribution is 5.85. The number of likely N-dealkylation sites (N-methyl/N-ethyl adjacent to an activating group) is 1. The summed E-state index contributed by atoms with van der Waals surface area (Å²) in [4.78, 5) is 5.83. The van der Waals surface area contributed by atoms with Crippen molar-refractivity contribution in [3.63, 3.8) is 0 Å². The second-order valence-corrected chi connectivity index (χ2v) is 5.20. The van der Waals surface area contributed by atoms with Crippen LogP contribution in [-0.4, -0.2) is 30.0 Å². The summed E-state index contributed by atoms with van der Waals surface area (Å²) in [7, 11) is 2.16. The van der Waals surface area contributed by atoms with Crippen LogP contribution in [0.15, 0.2) is 24.3 Å². The molecule has 3 rings (SSSR count). The van der Waals surface area contributed by atoms with Crippen molar-refractivity contribution >= 4 is 10.9 Å². The third-order valence-electron chi connectivity index (χ3n) is 3.70. The smallest absolute Gasteiger partial charge is 0.0459 e. The summed E-state index contributed by atoms with van der Waals surface area (Å²) in [6, 6.07) is 8.58. The van der Waals surface area contributed by atoms with Gasteiger partial charge in [0.2, 0.25) is 0 Å². The van der Waals surface area contributed by atoms with Crippen LogP contribution >= 0.6 is 0 Å². The van der Waals surface area contributed by atoms with Gasteiger partial charge in [-0.1, -0.05) is 18.2 Å². The van der Waals surface area contributed by atoms with Gasteiger partial charge in [-0.3, -0.25) is 0 Å². The summed E-state index contributed by atoms with van der Waals surface area (Å²) in [5.74, 6) is 0.636. The standard InChI is InChI=1S/C14H19N3/c1-9(15)14-13(10-7-17(2)8-10)11-5-3-4-6-12(11)16-14/h3-6,9-10,16H,7-8,15H2,1-2H3. The summed E-state index contributed by atoms with van der Waals surface area (Å²) in [6.07, 6.45) is 0. The minimum Gasteiger partial charge on any atom is -0.357 e. The van der Waals surface area contributed by atoms with Crippen molar-refractivity contribution in [3.8, 4) is 0 Å². The van der Waals surface area contributed by atoms with E-state index < -0.39 is 0 Å². The highest BCUT2D eigenvalue weighted by Crippen LogP contribution is 2.36. The lowest BCUT2D eigenvalue weighted by atomic mass is 9.88. The van der Waals surface area contributed by atoms with Crippen molar-refractivity contribution in [2.45, 2.75) is 18.9 Å². The first-order valence-electron chi connectivity index (χ1n) is 6.21. The fourth-order valence-electron chi connectivity index (χ4n) is 2.86. The van der Waals surface area contributed by atoms with E-state index in [2.05, 4.69) is 48.1 Å². The van der Waals surface area contributed by atoms with Crippen molar-refractivity contribution in [2.24, 2.45) is 5.73 Å². The zero-order valence-electron chi connectivity index (χ0n) is 10.4. The van der Waals surface area contributed by atoms with Crippen LogP contribution in [0.4, 0.5) is 0 Å². The number of fused-ring (bicyclic) bond motifs is 1. The lowest BCUT2D eigenvalue weighted by molar-refractivity contribution is 0.190. The number of likely N-dealkylation sites (tertiary alicyclic amines) is 1. The van der Waals surface area contributed by atoms with E-state index in [1.807, 2.05) is 0 Å². The summed E-state index contributed by atoms with van der Waals surface area (Å²) >= 11 is 0. The van der Waals surface area contributed by atoms with Gasteiger partial charge in [0.15, 0.2) is 0 Å². The molecular weight excluding hydrogens is 210 g/mol. The Bertz CT molecular complexity index is 535. The van der Waals surface area contributed by atoms with Gasteiger partial charge in [-0.25, -0.2) is 0 Å². The molecule has 3 heteroatoms. The Morgan fingerprint density at radius 1 is 1.35 bits per heavy atom. The van der Waals surface area contributed by atoms with Crippen LogP contribution in [0.2, 0.25) is 0 Å². The average molecular weight is 229 g/mol. The molecule has 1 saturated heterocycles. The lowest BCUT2D eigenvalue weighted by Crippen LogP contribution is -2.42. The molecule has 1 fully saturated rings. The molecular formula is C14H19N3. The molecule has 3 N–H and O–H groups in total. The van der Waals surface area contributed by atoms with Crippen LogP contribution in [0.3, 0.4) is 0 Å². The van der Waals surface area contributed by atoms with E-state index in [1.165, 1.54) is 22.2 Å². The molecule has 0 aliphatic carbocycles. The van der Waals surface area contributed by atoms with E-state index >= 15 is 0 Å². The number of nitrogens with one attached hydrogen (secondary N) is 1. The quantitative estimate of drug-likeness (QED) is 0.829. The van der Waals surface area contributed by atoms with Crippen molar-refractivity contribution in [1.29, 1.82) is 0 Å². The van der Waals surface area contributed by atoms with Crippen LogP contribution < -0.4 is 5.73 Å². The number of benzene rings is 1. The molecule has 17 heavy (non-hydrogen) atoms. The van der Waals surface area contributed by atoms with E-state index in [0.29, 0.717) is 5.92 Å². The third-order valence-corrected chi connectivity index (χ3v) is 3.70. The number of aromatic nitrogens is 1. The predicted molar refractivity (Wildman–Crippen MR) is 71.1 cm³/mol. The van der Waals surface area contributed by atoms with Gasteiger partial charge >= 0.3 is 0 Å². The Morgan fingerprint density at radius 2 is 2.06 bits per heavy atom. The largest absolute Gasteiger partial charge is 0.357 e. The van der Waals surface area contributed by atoms with Crippen molar-refractivity contribution in [1.82, 2.24) is 9.88 Å². The molecule has 1 atom stereocenters. The van der Waals surface area contributed by atoms with Gasteiger partial charge in [0.1, 0.15) is 0 Å². The van der Waals surface area contributed by atoms with E-state index in [9.17, 15) is 0 Å². The molecule has 0 radical (unpaired) electrons. The van der Waals surface area contributed by atoms with Gasteiger partial charge < -0.3 is 15.6 Å². The molecule has 1 aliphatic heterocycles. The molecule has 1 aromatic heterocycles. The van der Waals surface area contributed by atoms with E-state index in [1.54, 1.807) is 0 Å². The predicted octanol–water partition coefficient (Wildman–Crippen LogP) is 2.22. The Morgan fingerprint density at radius 3 is 2.71 bits per heavy atom. The number of aromatic amines is 1. The summed E-state index contributed by atoms with van der Waals surface area (Å²) in [6.45, 7) is 4.33. The molecule has 1 unspecified atom stereocenters. The first kappa shape index (κ1) is 10.8. The Balaban J connectivity index is 2.15. The zero-order valence-corrected chi connectivity index (χ0v) is 10.4. The second kappa shape index (κ2) is 3.86. The number of nitrogens with two attached hydrogens (primary N) is 1.